The van der Waals surface area contributed by atoms with Crippen molar-refractivity contribution in [3.05, 3.63) is 36.5 Å². The van der Waals surface area contributed by atoms with Gasteiger partial charge in [0.25, 0.3) is 0 Å². The van der Waals surface area contributed by atoms with E-state index in [1.807, 2.05) is 30.5 Å². The minimum Gasteiger partial charge on any atom is -0.469 e. The Hall–Kier alpha value is -2.10. The van der Waals surface area contributed by atoms with E-state index in [4.69, 9.17) is 4.74 Å². The predicted octanol–water partition coefficient (Wildman–Crippen LogP) is 2.62. The lowest BCUT2D eigenvalue weighted by molar-refractivity contribution is -0.145. The van der Waals surface area contributed by atoms with Crippen molar-refractivity contribution in [2.45, 2.75) is 12.8 Å². The van der Waals surface area contributed by atoms with Crippen LogP contribution in [0.1, 0.15) is 12.8 Å². The van der Waals surface area contributed by atoms with Crippen molar-refractivity contribution >= 4 is 22.6 Å². The molecule has 2 heterocycles. The van der Waals surface area contributed by atoms with E-state index in [-0.39, 0.29) is 11.9 Å². The SMILES string of the molecule is COC(=O)C1CCCN(c2ccnc3ccccc23)C1. The Morgan fingerprint density at radius 1 is 1.35 bits per heavy atom. The number of aromatic nitrogens is 1. The number of methoxy groups -OCH3 is 1. The average molecular weight is 270 g/mol. The van der Waals surface area contributed by atoms with E-state index in [9.17, 15) is 4.79 Å². The van der Waals surface area contributed by atoms with Gasteiger partial charge in [0.05, 0.1) is 18.5 Å². The number of fused-ring (bicyclic) bond motifs is 1. The van der Waals surface area contributed by atoms with Crippen molar-refractivity contribution in [2.75, 3.05) is 25.1 Å². The van der Waals surface area contributed by atoms with Crippen LogP contribution in [0.25, 0.3) is 10.9 Å². The van der Waals surface area contributed by atoms with Gasteiger partial charge in [0.15, 0.2) is 0 Å². The van der Waals surface area contributed by atoms with Gasteiger partial charge in [0.1, 0.15) is 0 Å². The molecule has 1 aromatic carbocycles. The van der Waals surface area contributed by atoms with Crippen LogP contribution in [0.3, 0.4) is 0 Å². The van der Waals surface area contributed by atoms with E-state index in [2.05, 4.69) is 16.0 Å². The number of pyridine rings is 1. The number of hydrogen-bond acceptors (Lipinski definition) is 4. The normalized spacial score (nSPS) is 19.1. The number of anilines is 1. The molecule has 4 heteroatoms. The molecule has 1 aromatic heterocycles. The molecule has 0 saturated carbocycles. The van der Waals surface area contributed by atoms with Crippen LogP contribution in [0.4, 0.5) is 5.69 Å². The number of piperidine rings is 1. The highest BCUT2D eigenvalue weighted by Crippen LogP contribution is 2.29. The van der Waals surface area contributed by atoms with Crippen molar-refractivity contribution in [3.8, 4) is 0 Å². The number of carbonyl (C=O) groups is 1. The number of ether oxygens (including phenoxy) is 1. The fourth-order valence-corrected chi connectivity index (χ4v) is 2.91. The molecule has 1 aliphatic rings. The molecular weight excluding hydrogens is 252 g/mol. The van der Waals surface area contributed by atoms with Crippen LogP contribution < -0.4 is 4.90 Å². The first-order chi connectivity index (χ1) is 9.79. The monoisotopic (exact) mass is 270 g/mol. The zero-order valence-electron chi connectivity index (χ0n) is 11.6. The summed E-state index contributed by atoms with van der Waals surface area (Å²) in [7, 11) is 1.46. The second-order valence-electron chi connectivity index (χ2n) is 5.16. The number of rotatable bonds is 2. The third kappa shape index (κ3) is 2.33. The molecule has 1 saturated heterocycles. The molecule has 1 unspecified atom stereocenters. The number of para-hydroxylation sites is 1. The first kappa shape index (κ1) is 12.9. The zero-order valence-corrected chi connectivity index (χ0v) is 11.6. The first-order valence-electron chi connectivity index (χ1n) is 6.96. The highest BCUT2D eigenvalue weighted by atomic mass is 16.5. The minimum absolute atomic E-state index is 0.0272. The standard InChI is InChI=1S/C16H18N2O2/c1-20-16(19)12-5-4-10-18(11-12)15-8-9-17-14-7-3-2-6-13(14)15/h2-3,6-9,12H,4-5,10-11H2,1H3. The lowest BCUT2D eigenvalue weighted by atomic mass is 9.97. The number of nitrogens with zero attached hydrogens (tertiary/aromatic N) is 2. The smallest absolute Gasteiger partial charge is 0.310 e. The van der Waals surface area contributed by atoms with Crippen molar-refractivity contribution in [3.63, 3.8) is 0 Å². The van der Waals surface area contributed by atoms with Crippen LogP contribution in [-0.4, -0.2) is 31.2 Å². The Bertz CT molecular complexity index is 621. The first-order valence-corrected chi connectivity index (χ1v) is 6.96. The van der Waals surface area contributed by atoms with Crippen molar-refractivity contribution < 1.29 is 9.53 Å². The zero-order chi connectivity index (χ0) is 13.9. The van der Waals surface area contributed by atoms with Gasteiger partial charge in [-0.1, -0.05) is 18.2 Å². The lowest BCUT2D eigenvalue weighted by Crippen LogP contribution is -2.39. The summed E-state index contributed by atoms with van der Waals surface area (Å²) in [6.07, 6.45) is 3.75. The van der Waals surface area contributed by atoms with Crippen LogP contribution in [-0.2, 0) is 9.53 Å². The molecule has 1 atom stereocenters. The van der Waals surface area contributed by atoms with Crippen molar-refractivity contribution in [1.82, 2.24) is 4.98 Å². The van der Waals surface area contributed by atoms with Crippen LogP contribution in [0.15, 0.2) is 36.5 Å². The predicted molar refractivity (Wildman–Crippen MR) is 78.7 cm³/mol. The molecule has 20 heavy (non-hydrogen) atoms. The summed E-state index contributed by atoms with van der Waals surface area (Å²) in [5, 5.41) is 1.14. The third-order valence-electron chi connectivity index (χ3n) is 3.92. The number of benzene rings is 1. The molecule has 0 spiro atoms. The van der Waals surface area contributed by atoms with Gasteiger partial charge in [0.2, 0.25) is 0 Å². The van der Waals surface area contributed by atoms with Gasteiger partial charge in [-0.05, 0) is 25.0 Å². The quantitative estimate of drug-likeness (QED) is 0.787. The third-order valence-corrected chi connectivity index (χ3v) is 3.92. The Kier molecular flexibility index (Phi) is 3.54. The molecule has 3 rings (SSSR count). The maximum atomic E-state index is 11.7. The van der Waals surface area contributed by atoms with E-state index < -0.39 is 0 Å². The van der Waals surface area contributed by atoms with Crippen molar-refractivity contribution in [2.24, 2.45) is 5.92 Å². The minimum atomic E-state index is -0.104. The maximum Gasteiger partial charge on any atom is 0.310 e. The number of carbonyl (C=O) groups excluding carboxylic acids is 1. The molecule has 1 fully saturated rings. The highest BCUT2D eigenvalue weighted by Gasteiger charge is 2.27. The van der Waals surface area contributed by atoms with Gasteiger partial charge >= 0.3 is 5.97 Å². The van der Waals surface area contributed by atoms with Gasteiger partial charge in [-0.2, -0.15) is 0 Å². The number of esters is 1. The Labute approximate surface area is 118 Å². The van der Waals surface area contributed by atoms with Crippen LogP contribution >= 0.6 is 0 Å². The van der Waals surface area contributed by atoms with E-state index in [1.54, 1.807) is 0 Å². The van der Waals surface area contributed by atoms with Gasteiger partial charge < -0.3 is 9.64 Å². The molecule has 0 N–H and O–H groups in total. The van der Waals surface area contributed by atoms with E-state index in [0.717, 1.165) is 42.5 Å². The topological polar surface area (TPSA) is 42.4 Å². The molecule has 0 radical (unpaired) electrons. The van der Waals surface area contributed by atoms with Crippen LogP contribution in [0.5, 0.6) is 0 Å². The Morgan fingerprint density at radius 2 is 2.20 bits per heavy atom. The highest BCUT2D eigenvalue weighted by molar-refractivity contribution is 5.91. The molecule has 1 aliphatic heterocycles. The Balaban J connectivity index is 1.92. The van der Waals surface area contributed by atoms with E-state index >= 15 is 0 Å². The van der Waals surface area contributed by atoms with Crippen molar-refractivity contribution in [1.29, 1.82) is 0 Å². The van der Waals surface area contributed by atoms with E-state index in [1.165, 1.54) is 7.11 Å². The van der Waals surface area contributed by atoms with Gasteiger partial charge in [-0.15, -0.1) is 0 Å². The molecular formula is C16H18N2O2. The lowest BCUT2D eigenvalue weighted by Gasteiger charge is -2.33. The number of hydrogen-bond donors (Lipinski definition) is 0. The Morgan fingerprint density at radius 3 is 3.05 bits per heavy atom. The second-order valence-corrected chi connectivity index (χ2v) is 5.16. The fraction of sp³-hybridized carbons (Fsp3) is 0.375. The summed E-state index contributed by atoms with van der Waals surface area (Å²) in [4.78, 5) is 18.4. The second kappa shape index (κ2) is 5.49. The van der Waals surface area contributed by atoms with Crippen LogP contribution in [0, 0.1) is 5.92 Å². The summed E-state index contributed by atoms with van der Waals surface area (Å²) in [6, 6.07) is 10.1. The summed E-state index contributed by atoms with van der Waals surface area (Å²) in [5.74, 6) is -0.131. The molecule has 104 valence electrons. The molecule has 4 nitrogen and oxygen atoms in total. The van der Waals surface area contributed by atoms with E-state index in [0.29, 0.717) is 0 Å². The molecule has 0 bridgehead atoms. The molecule has 0 amide bonds. The van der Waals surface area contributed by atoms with Gasteiger partial charge in [-0.3, -0.25) is 9.78 Å². The van der Waals surface area contributed by atoms with Gasteiger partial charge in [0, 0.05) is 30.4 Å². The molecule has 2 aromatic rings. The largest absolute Gasteiger partial charge is 0.469 e. The molecule has 0 aliphatic carbocycles. The average Bonchev–Trinajstić information content (AvgIpc) is 2.53. The summed E-state index contributed by atoms with van der Waals surface area (Å²) < 4.78 is 4.88. The summed E-state index contributed by atoms with van der Waals surface area (Å²) in [6.45, 7) is 1.70. The van der Waals surface area contributed by atoms with Gasteiger partial charge in [-0.25, -0.2) is 0 Å². The fourth-order valence-electron chi connectivity index (χ4n) is 2.91. The summed E-state index contributed by atoms with van der Waals surface area (Å²) >= 11 is 0. The van der Waals surface area contributed by atoms with Crippen LogP contribution in [0.2, 0.25) is 0 Å². The summed E-state index contributed by atoms with van der Waals surface area (Å²) in [5.41, 5.74) is 2.15. The maximum absolute atomic E-state index is 11.7.